The molecule has 1 aromatic carbocycles. The molecule has 1 fully saturated rings. The van der Waals surface area contributed by atoms with Gasteiger partial charge in [0.2, 0.25) is 0 Å². The zero-order valence-electron chi connectivity index (χ0n) is 17.2. The summed E-state index contributed by atoms with van der Waals surface area (Å²) in [6.45, 7) is 16.5. The molecule has 1 saturated heterocycles. The lowest BCUT2D eigenvalue weighted by Gasteiger charge is -2.39. The van der Waals surface area contributed by atoms with Crippen molar-refractivity contribution in [3.05, 3.63) is 35.7 Å². The fourth-order valence-corrected chi connectivity index (χ4v) is 3.62. The molecule has 0 saturated carbocycles. The number of likely N-dealkylation sites (N-methyl/N-ethyl adjacent to an activating group) is 1. The maximum atomic E-state index is 5.62. The van der Waals surface area contributed by atoms with Gasteiger partial charge in [-0.25, -0.2) is 4.68 Å². The van der Waals surface area contributed by atoms with Gasteiger partial charge in [0.1, 0.15) is 5.75 Å². The number of nitrogens with zero attached hydrogens (tertiary/aromatic N) is 6. The maximum Gasteiger partial charge on any atom is 0.173 e. The summed E-state index contributed by atoms with van der Waals surface area (Å²) in [6, 6.07) is 8.40. The number of rotatable bonds is 6. The van der Waals surface area contributed by atoms with E-state index in [4.69, 9.17) is 4.74 Å². The highest BCUT2D eigenvalue weighted by atomic mass is 16.5. The Morgan fingerprint density at radius 3 is 2.26 bits per heavy atom. The van der Waals surface area contributed by atoms with Gasteiger partial charge >= 0.3 is 0 Å². The normalized spacial score (nSPS) is 17.8. The van der Waals surface area contributed by atoms with Gasteiger partial charge in [-0.15, -0.1) is 5.10 Å². The smallest absolute Gasteiger partial charge is 0.173 e. The van der Waals surface area contributed by atoms with Crippen LogP contribution in [0.4, 0.5) is 0 Å². The number of hydrogen-bond acceptors (Lipinski definition) is 6. The second-order valence-electron chi connectivity index (χ2n) is 7.99. The molecule has 2 heterocycles. The van der Waals surface area contributed by atoms with E-state index in [1.54, 1.807) is 0 Å². The van der Waals surface area contributed by atoms with Gasteiger partial charge in [0, 0.05) is 26.2 Å². The molecule has 27 heavy (non-hydrogen) atoms. The summed E-state index contributed by atoms with van der Waals surface area (Å²) in [4.78, 5) is 4.98. The summed E-state index contributed by atoms with van der Waals surface area (Å²) in [5, 5.41) is 12.8. The zero-order valence-corrected chi connectivity index (χ0v) is 17.2. The average Bonchev–Trinajstić information content (AvgIpc) is 3.14. The van der Waals surface area contributed by atoms with Crippen molar-refractivity contribution in [2.75, 3.05) is 39.3 Å². The number of aromatic nitrogens is 4. The van der Waals surface area contributed by atoms with Crippen molar-refractivity contribution in [2.24, 2.45) is 0 Å². The first-order valence-corrected chi connectivity index (χ1v) is 9.92. The van der Waals surface area contributed by atoms with Crippen LogP contribution in [-0.2, 0) is 5.54 Å². The third-order valence-electron chi connectivity index (χ3n) is 5.10. The van der Waals surface area contributed by atoms with Crippen LogP contribution in [-0.4, -0.2) is 69.3 Å². The molecule has 0 bridgehead atoms. The summed E-state index contributed by atoms with van der Waals surface area (Å²) in [6.07, 6.45) is 0. The molecular formula is C20H32N6O. The van der Waals surface area contributed by atoms with Crippen LogP contribution < -0.4 is 4.74 Å². The molecule has 1 atom stereocenters. The van der Waals surface area contributed by atoms with Crippen LogP contribution in [0.5, 0.6) is 5.75 Å². The fourth-order valence-electron chi connectivity index (χ4n) is 3.62. The Kier molecular flexibility index (Phi) is 6.11. The van der Waals surface area contributed by atoms with E-state index in [2.05, 4.69) is 65.2 Å². The van der Waals surface area contributed by atoms with Crippen molar-refractivity contribution >= 4 is 0 Å². The third-order valence-corrected chi connectivity index (χ3v) is 5.10. The highest BCUT2D eigenvalue weighted by Gasteiger charge is 2.32. The van der Waals surface area contributed by atoms with Gasteiger partial charge in [-0.05, 0) is 62.4 Å². The highest BCUT2D eigenvalue weighted by molar-refractivity contribution is 5.32. The van der Waals surface area contributed by atoms with E-state index < -0.39 is 0 Å². The third kappa shape index (κ3) is 4.47. The van der Waals surface area contributed by atoms with E-state index in [9.17, 15) is 0 Å². The molecule has 7 heteroatoms. The van der Waals surface area contributed by atoms with Crippen molar-refractivity contribution in [2.45, 2.75) is 46.2 Å². The Balaban J connectivity index is 1.96. The lowest BCUT2D eigenvalue weighted by Crippen LogP contribution is -2.48. The molecule has 1 aromatic heterocycles. The van der Waals surface area contributed by atoms with Crippen molar-refractivity contribution < 1.29 is 4.74 Å². The minimum atomic E-state index is -0.173. The molecule has 0 unspecified atom stereocenters. The average molecular weight is 373 g/mol. The molecule has 148 valence electrons. The fraction of sp³-hybridized carbons (Fsp3) is 0.650. The second kappa shape index (κ2) is 8.35. The summed E-state index contributed by atoms with van der Waals surface area (Å²) < 4.78 is 7.58. The van der Waals surface area contributed by atoms with E-state index in [0.29, 0.717) is 6.61 Å². The summed E-state index contributed by atoms with van der Waals surface area (Å²) in [5.41, 5.74) is 1.02. The monoisotopic (exact) mass is 372 g/mol. The molecule has 1 aliphatic rings. The minimum absolute atomic E-state index is 0.0360. The van der Waals surface area contributed by atoms with Gasteiger partial charge < -0.3 is 9.64 Å². The Bertz CT molecular complexity index is 713. The molecule has 0 amide bonds. The second-order valence-corrected chi connectivity index (χ2v) is 7.99. The van der Waals surface area contributed by atoms with Gasteiger partial charge in [0.25, 0.3) is 0 Å². The van der Waals surface area contributed by atoms with Crippen LogP contribution in [0.3, 0.4) is 0 Å². The predicted octanol–water partition coefficient (Wildman–Crippen LogP) is 2.55. The van der Waals surface area contributed by atoms with Crippen molar-refractivity contribution in [3.63, 3.8) is 0 Å². The van der Waals surface area contributed by atoms with E-state index >= 15 is 0 Å². The number of benzene rings is 1. The SMILES string of the molecule is CCOc1ccc([C@H](c2nnnn2C(C)(C)C)N2CCN(CC)CC2)cc1. The van der Waals surface area contributed by atoms with Gasteiger partial charge in [0.05, 0.1) is 18.2 Å². The first-order valence-electron chi connectivity index (χ1n) is 9.92. The quantitative estimate of drug-likeness (QED) is 0.777. The molecule has 0 radical (unpaired) electrons. The number of piperazine rings is 1. The largest absolute Gasteiger partial charge is 0.494 e. The van der Waals surface area contributed by atoms with Gasteiger partial charge in [0.15, 0.2) is 5.82 Å². The van der Waals surface area contributed by atoms with E-state index in [0.717, 1.165) is 44.3 Å². The molecule has 7 nitrogen and oxygen atoms in total. The minimum Gasteiger partial charge on any atom is -0.494 e. The Morgan fingerprint density at radius 2 is 1.70 bits per heavy atom. The van der Waals surface area contributed by atoms with Crippen LogP contribution in [0.2, 0.25) is 0 Å². The maximum absolute atomic E-state index is 5.62. The lowest BCUT2D eigenvalue weighted by atomic mass is 10.0. The van der Waals surface area contributed by atoms with Crippen LogP contribution in [0.1, 0.15) is 52.0 Å². The van der Waals surface area contributed by atoms with Crippen molar-refractivity contribution in [1.29, 1.82) is 0 Å². The number of ether oxygens (including phenoxy) is 1. The highest BCUT2D eigenvalue weighted by Crippen LogP contribution is 2.31. The number of hydrogen-bond donors (Lipinski definition) is 0. The molecule has 3 rings (SSSR count). The Morgan fingerprint density at radius 1 is 1.04 bits per heavy atom. The molecule has 0 spiro atoms. The van der Waals surface area contributed by atoms with Crippen LogP contribution in [0.25, 0.3) is 0 Å². The molecule has 2 aromatic rings. The topological polar surface area (TPSA) is 59.3 Å². The standard InChI is InChI=1S/C20H32N6O/c1-6-24-12-14-25(15-13-24)18(16-8-10-17(11-9-16)27-7-2)19-21-22-23-26(19)20(3,4)5/h8-11,18H,6-7,12-15H2,1-5H3/t18-/m1/s1. The van der Waals surface area contributed by atoms with E-state index in [-0.39, 0.29) is 11.6 Å². The van der Waals surface area contributed by atoms with E-state index in [1.165, 1.54) is 5.56 Å². The molecule has 0 N–H and O–H groups in total. The predicted molar refractivity (Wildman–Crippen MR) is 106 cm³/mol. The first-order chi connectivity index (χ1) is 12.9. The van der Waals surface area contributed by atoms with Crippen LogP contribution in [0.15, 0.2) is 24.3 Å². The summed E-state index contributed by atoms with van der Waals surface area (Å²) >= 11 is 0. The number of tetrazole rings is 1. The Hall–Kier alpha value is -1.99. The Labute approximate surface area is 162 Å². The summed E-state index contributed by atoms with van der Waals surface area (Å²) in [7, 11) is 0. The van der Waals surface area contributed by atoms with Crippen molar-refractivity contribution in [1.82, 2.24) is 30.0 Å². The molecule has 0 aliphatic carbocycles. The zero-order chi connectivity index (χ0) is 19.4. The van der Waals surface area contributed by atoms with Crippen LogP contribution in [0, 0.1) is 0 Å². The van der Waals surface area contributed by atoms with Gasteiger partial charge in [-0.2, -0.15) is 0 Å². The molecule has 1 aliphatic heterocycles. The van der Waals surface area contributed by atoms with Gasteiger partial charge in [-0.1, -0.05) is 19.1 Å². The summed E-state index contributed by atoms with van der Waals surface area (Å²) in [5.74, 6) is 1.79. The van der Waals surface area contributed by atoms with Crippen LogP contribution >= 0.6 is 0 Å². The van der Waals surface area contributed by atoms with Gasteiger partial charge in [-0.3, -0.25) is 4.90 Å². The lowest BCUT2D eigenvalue weighted by molar-refractivity contribution is 0.106. The van der Waals surface area contributed by atoms with E-state index in [1.807, 2.05) is 23.7 Å². The molecular weight excluding hydrogens is 340 g/mol. The van der Waals surface area contributed by atoms with Crippen molar-refractivity contribution in [3.8, 4) is 5.75 Å². The first kappa shape index (κ1) is 19.8.